The van der Waals surface area contributed by atoms with Crippen LogP contribution in [-0.4, -0.2) is 35.4 Å². The van der Waals surface area contributed by atoms with E-state index < -0.39 is 0 Å². The number of hydrogen-bond acceptors (Lipinski definition) is 4. The van der Waals surface area contributed by atoms with Crippen molar-refractivity contribution in [2.45, 2.75) is 44.9 Å². The summed E-state index contributed by atoms with van der Waals surface area (Å²) in [5.74, 6) is 13.3. The summed E-state index contributed by atoms with van der Waals surface area (Å²) in [4.78, 5) is 6.08. The van der Waals surface area contributed by atoms with E-state index in [2.05, 4.69) is 76.9 Å². The number of nitrogens with one attached hydrogen (secondary N) is 2. The van der Waals surface area contributed by atoms with E-state index in [-0.39, 0.29) is 0 Å². The molecule has 5 rings (SSSR count). The number of amidine groups is 1. The second kappa shape index (κ2) is 8.60. The highest BCUT2D eigenvalue weighted by Crippen LogP contribution is 2.46. The standard InChI is InChI=1S/C26H34N6/c1-3-32-14-20(24(15-32)18-6-8-19(9-7-18)26(30-27)31-28)13-23-21-10-11-29-25(21)16(2)12-22(23)17-4-5-17/h6-12,17,20,24,29H,3-5,13-15,27-28H2,1-2H3,(H,30,31)/t20-,24+/m1/s1. The molecule has 32 heavy (non-hydrogen) atoms. The number of aromatic amines is 1. The molecule has 6 N–H and O–H groups in total. The third kappa shape index (κ3) is 3.78. The van der Waals surface area contributed by atoms with Gasteiger partial charge in [-0.25, -0.2) is 5.84 Å². The number of rotatable bonds is 6. The molecule has 0 amide bonds. The number of likely N-dealkylation sites (tertiary alicyclic amines) is 1. The molecule has 0 radical (unpaired) electrons. The second-order valence-electron chi connectivity index (χ2n) is 9.47. The van der Waals surface area contributed by atoms with Crippen molar-refractivity contribution in [3.05, 3.63) is 70.4 Å². The SMILES string of the molecule is CCN1C[C@@H](Cc2c(C3CC3)cc(C)c3[nH]ccc23)[C@H](c2ccc(/C(=N/N)NN)cc2)C1. The van der Waals surface area contributed by atoms with E-state index in [1.54, 1.807) is 11.1 Å². The number of fused-ring (bicyclic) bond motifs is 1. The van der Waals surface area contributed by atoms with Crippen LogP contribution in [0.25, 0.3) is 10.9 Å². The maximum absolute atomic E-state index is 5.54. The van der Waals surface area contributed by atoms with Crippen molar-refractivity contribution in [3.8, 4) is 0 Å². The Kier molecular flexibility index (Phi) is 5.66. The fourth-order valence-electron chi connectivity index (χ4n) is 5.63. The van der Waals surface area contributed by atoms with Gasteiger partial charge in [0.05, 0.1) is 0 Å². The lowest BCUT2D eigenvalue weighted by Crippen LogP contribution is -2.32. The molecule has 3 aromatic rings. The van der Waals surface area contributed by atoms with Crippen LogP contribution in [0.2, 0.25) is 0 Å². The van der Waals surface area contributed by atoms with Gasteiger partial charge in [0.1, 0.15) is 0 Å². The topological polar surface area (TPSA) is 95.5 Å². The summed E-state index contributed by atoms with van der Waals surface area (Å²) in [6.07, 6.45) is 5.89. The number of aryl methyl sites for hydroxylation is 1. The van der Waals surface area contributed by atoms with E-state index in [4.69, 9.17) is 11.7 Å². The molecule has 6 heteroatoms. The number of hydrazine groups is 1. The van der Waals surface area contributed by atoms with Crippen molar-refractivity contribution in [1.29, 1.82) is 0 Å². The molecular weight excluding hydrogens is 396 g/mol. The highest BCUT2D eigenvalue weighted by Gasteiger charge is 2.35. The zero-order valence-electron chi connectivity index (χ0n) is 19.1. The van der Waals surface area contributed by atoms with Crippen LogP contribution in [0.1, 0.15) is 59.4 Å². The normalized spacial score (nSPS) is 22.0. The van der Waals surface area contributed by atoms with Crippen LogP contribution < -0.4 is 17.1 Å². The molecule has 2 aromatic carbocycles. The monoisotopic (exact) mass is 430 g/mol. The average molecular weight is 431 g/mol. The van der Waals surface area contributed by atoms with Crippen LogP contribution in [0, 0.1) is 12.8 Å². The Morgan fingerprint density at radius 1 is 1.19 bits per heavy atom. The first-order chi connectivity index (χ1) is 15.6. The zero-order valence-corrected chi connectivity index (χ0v) is 19.1. The van der Waals surface area contributed by atoms with Crippen LogP contribution in [0.15, 0.2) is 47.7 Å². The lowest BCUT2D eigenvalue weighted by atomic mass is 9.81. The smallest absolute Gasteiger partial charge is 0.166 e. The number of hydrazone groups is 1. The van der Waals surface area contributed by atoms with Crippen molar-refractivity contribution in [1.82, 2.24) is 15.3 Å². The molecule has 1 saturated carbocycles. The van der Waals surface area contributed by atoms with Gasteiger partial charge >= 0.3 is 0 Å². The van der Waals surface area contributed by atoms with Crippen molar-refractivity contribution < 1.29 is 0 Å². The molecule has 1 saturated heterocycles. The summed E-state index contributed by atoms with van der Waals surface area (Å²) in [5.41, 5.74) is 10.7. The van der Waals surface area contributed by atoms with E-state index in [9.17, 15) is 0 Å². The molecule has 2 atom stereocenters. The third-order valence-electron chi connectivity index (χ3n) is 7.51. The fraction of sp³-hybridized carbons (Fsp3) is 0.423. The largest absolute Gasteiger partial charge is 0.361 e. The van der Waals surface area contributed by atoms with Gasteiger partial charge in [0.2, 0.25) is 0 Å². The van der Waals surface area contributed by atoms with Crippen LogP contribution in [-0.2, 0) is 6.42 Å². The van der Waals surface area contributed by atoms with Gasteiger partial charge in [-0.05, 0) is 72.9 Å². The highest BCUT2D eigenvalue weighted by atomic mass is 15.3. The number of likely N-dealkylation sites (N-methyl/N-ethyl adjacent to an activating group) is 1. The van der Waals surface area contributed by atoms with E-state index in [1.165, 1.54) is 34.9 Å². The number of H-pyrrole nitrogens is 1. The van der Waals surface area contributed by atoms with E-state index >= 15 is 0 Å². The van der Waals surface area contributed by atoms with Crippen LogP contribution in [0.4, 0.5) is 0 Å². The van der Waals surface area contributed by atoms with Gasteiger partial charge < -0.3 is 21.2 Å². The van der Waals surface area contributed by atoms with Crippen molar-refractivity contribution >= 4 is 16.7 Å². The number of aromatic nitrogens is 1. The molecule has 1 aliphatic carbocycles. The minimum absolute atomic E-state index is 0.498. The quantitative estimate of drug-likeness (QED) is 0.207. The third-order valence-corrected chi connectivity index (χ3v) is 7.51. The molecule has 0 unspecified atom stereocenters. The van der Waals surface area contributed by atoms with E-state index in [0.717, 1.165) is 37.5 Å². The molecule has 2 aliphatic rings. The first kappa shape index (κ1) is 21.0. The minimum atomic E-state index is 0.498. The fourth-order valence-corrected chi connectivity index (χ4v) is 5.63. The molecule has 1 aromatic heterocycles. The van der Waals surface area contributed by atoms with Gasteiger partial charge in [0, 0.05) is 41.7 Å². The highest BCUT2D eigenvalue weighted by molar-refractivity contribution is 5.98. The molecule has 2 heterocycles. The second-order valence-corrected chi connectivity index (χ2v) is 9.47. The lowest BCUT2D eigenvalue weighted by Gasteiger charge is -2.22. The van der Waals surface area contributed by atoms with Crippen LogP contribution in [0.3, 0.4) is 0 Å². The Morgan fingerprint density at radius 2 is 1.97 bits per heavy atom. The molecule has 6 nitrogen and oxygen atoms in total. The number of benzene rings is 2. The summed E-state index contributed by atoms with van der Waals surface area (Å²) in [6, 6.07) is 13.3. The molecule has 1 aliphatic heterocycles. The minimum Gasteiger partial charge on any atom is -0.361 e. The van der Waals surface area contributed by atoms with Crippen LogP contribution in [0.5, 0.6) is 0 Å². The Labute approximate surface area is 190 Å². The van der Waals surface area contributed by atoms with Crippen molar-refractivity contribution in [2.75, 3.05) is 19.6 Å². The van der Waals surface area contributed by atoms with Crippen LogP contribution >= 0.6 is 0 Å². The molecule has 2 fully saturated rings. The average Bonchev–Trinajstić information content (AvgIpc) is 3.38. The lowest BCUT2D eigenvalue weighted by molar-refractivity contribution is 0.341. The van der Waals surface area contributed by atoms with Gasteiger partial charge in [0.25, 0.3) is 0 Å². The van der Waals surface area contributed by atoms with Gasteiger partial charge in [-0.3, -0.25) is 0 Å². The predicted octanol–water partition coefficient (Wildman–Crippen LogP) is 3.72. The number of nitrogens with two attached hydrogens (primary N) is 2. The zero-order chi connectivity index (χ0) is 22.2. The van der Waals surface area contributed by atoms with E-state index in [1.807, 2.05) is 0 Å². The maximum atomic E-state index is 5.54. The first-order valence-corrected chi connectivity index (χ1v) is 11.8. The maximum Gasteiger partial charge on any atom is 0.166 e. The molecular formula is C26H34N6. The Hall–Kier alpha value is -2.83. The number of nitrogens with zero attached hydrogens (tertiary/aromatic N) is 2. The predicted molar refractivity (Wildman–Crippen MR) is 132 cm³/mol. The Balaban J connectivity index is 1.48. The van der Waals surface area contributed by atoms with Gasteiger partial charge in [-0.1, -0.05) is 37.3 Å². The molecule has 0 spiro atoms. The van der Waals surface area contributed by atoms with E-state index in [0.29, 0.717) is 17.7 Å². The summed E-state index contributed by atoms with van der Waals surface area (Å²) in [7, 11) is 0. The molecule has 168 valence electrons. The summed E-state index contributed by atoms with van der Waals surface area (Å²) in [5, 5.41) is 5.16. The van der Waals surface area contributed by atoms with Crippen molar-refractivity contribution in [2.24, 2.45) is 22.7 Å². The number of hydrogen-bond donors (Lipinski definition) is 4. The van der Waals surface area contributed by atoms with Gasteiger partial charge in [-0.2, -0.15) is 5.10 Å². The summed E-state index contributed by atoms with van der Waals surface area (Å²) >= 11 is 0. The Bertz CT molecular complexity index is 1130. The Morgan fingerprint density at radius 3 is 2.62 bits per heavy atom. The summed E-state index contributed by atoms with van der Waals surface area (Å²) in [6.45, 7) is 7.85. The summed E-state index contributed by atoms with van der Waals surface area (Å²) < 4.78 is 0. The first-order valence-electron chi connectivity index (χ1n) is 11.8. The van der Waals surface area contributed by atoms with Gasteiger partial charge in [-0.15, -0.1) is 0 Å². The van der Waals surface area contributed by atoms with Gasteiger partial charge in [0.15, 0.2) is 5.84 Å². The molecule has 0 bridgehead atoms. The van der Waals surface area contributed by atoms with Crippen molar-refractivity contribution in [3.63, 3.8) is 0 Å².